The van der Waals surface area contributed by atoms with Gasteiger partial charge in [0, 0.05) is 22.8 Å². The highest BCUT2D eigenvalue weighted by Crippen LogP contribution is 2.30. The predicted molar refractivity (Wildman–Crippen MR) is 78.4 cm³/mol. The van der Waals surface area contributed by atoms with E-state index in [1.54, 1.807) is 0 Å². The fourth-order valence-corrected chi connectivity index (χ4v) is 2.80. The molecule has 0 atom stereocenters. The first-order chi connectivity index (χ1) is 9.22. The molecule has 0 saturated heterocycles. The van der Waals surface area contributed by atoms with Crippen LogP contribution in [0.3, 0.4) is 0 Å². The quantitative estimate of drug-likeness (QED) is 0.830. The standard InChI is InChI=1S/C16H20N2O/c1-11-9-16(19-13-5-3-2-4-6-13)14-10-12(17)7-8-15(14)18-11/h7-10,13H,2-6,17H2,1H3. The highest BCUT2D eigenvalue weighted by molar-refractivity contribution is 5.87. The summed E-state index contributed by atoms with van der Waals surface area (Å²) in [5.41, 5.74) is 8.58. The van der Waals surface area contributed by atoms with E-state index in [0.717, 1.165) is 40.9 Å². The van der Waals surface area contributed by atoms with Crippen molar-refractivity contribution in [2.75, 3.05) is 5.73 Å². The molecule has 0 bridgehead atoms. The first-order valence-electron chi connectivity index (χ1n) is 7.06. The first-order valence-corrected chi connectivity index (χ1v) is 7.06. The van der Waals surface area contributed by atoms with Crippen LogP contribution < -0.4 is 10.5 Å². The number of pyridine rings is 1. The Morgan fingerprint density at radius 2 is 1.95 bits per heavy atom. The normalized spacial score (nSPS) is 16.7. The lowest BCUT2D eigenvalue weighted by molar-refractivity contribution is 0.157. The smallest absolute Gasteiger partial charge is 0.130 e. The second-order valence-electron chi connectivity index (χ2n) is 5.42. The molecule has 1 aliphatic rings. The van der Waals surface area contributed by atoms with Gasteiger partial charge in [0.2, 0.25) is 0 Å². The Balaban J connectivity index is 1.98. The third-order valence-corrected chi connectivity index (χ3v) is 3.77. The van der Waals surface area contributed by atoms with Crippen LogP contribution in [0.2, 0.25) is 0 Å². The number of nitrogens with two attached hydrogens (primary N) is 1. The summed E-state index contributed by atoms with van der Waals surface area (Å²) in [4.78, 5) is 4.53. The van der Waals surface area contributed by atoms with Crippen LogP contribution >= 0.6 is 0 Å². The van der Waals surface area contributed by atoms with Gasteiger partial charge in [0.05, 0.1) is 11.6 Å². The van der Waals surface area contributed by atoms with E-state index < -0.39 is 0 Å². The minimum absolute atomic E-state index is 0.347. The molecule has 2 N–H and O–H groups in total. The van der Waals surface area contributed by atoms with Gasteiger partial charge in [-0.25, -0.2) is 0 Å². The average molecular weight is 256 g/mol. The van der Waals surface area contributed by atoms with Crippen LogP contribution in [-0.4, -0.2) is 11.1 Å². The Kier molecular flexibility index (Phi) is 3.28. The lowest BCUT2D eigenvalue weighted by atomic mass is 9.98. The van der Waals surface area contributed by atoms with Crippen molar-refractivity contribution in [1.29, 1.82) is 0 Å². The number of anilines is 1. The molecule has 2 aromatic rings. The van der Waals surface area contributed by atoms with E-state index >= 15 is 0 Å². The van der Waals surface area contributed by atoms with Gasteiger partial charge in [0.15, 0.2) is 0 Å². The lowest BCUT2D eigenvalue weighted by Gasteiger charge is -2.24. The molecule has 0 spiro atoms. The van der Waals surface area contributed by atoms with E-state index in [2.05, 4.69) is 4.98 Å². The summed E-state index contributed by atoms with van der Waals surface area (Å²) in [7, 11) is 0. The van der Waals surface area contributed by atoms with Gasteiger partial charge in [-0.3, -0.25) is 4.98 Å². The van der Waals surface area contributed by atoms with Crippen molar-refractivity contribution in [3.63, 3.8) is 0 Å². The van der Waals surface area contributed by atoms with E-state index in [4.69, 9.17) is 10.5 Å². The van der Waals surface area contributed by atoms with Gasteiger partial charge < -0.3 is 10.5 Å². The molecule has 0 unspecified atom stereocenters. The van der Waals surface area contributed by atoms with Gasteiger partial charge in [-0.15, -0.1) is 0 Å². The molecule has 1 aromatic heterocycles. The highest BCUT2D eigenvalue weighted by atomic mass is 16.5. The Hall–Kier alpha value is -1.77. The zero-order valence-corrected chi connectivity index (χ0v) is 11.4. The van der Waals surface area contributed by atoms with Crippen molar-refractivity contribution in [1.82, 2.24) is 4.98 Å². The average Bonchev–Trinajstić information content (AvgIpc) is 2.41. The molecular weight excluding hydrogens is 236 g/mol. The molecule has 0 aliphatic heterocycles. The summed E-state index contributed by atoms with van der Waals surface area (Å²) in [6, 6.07) is 7.83. The molecule has 3 nitrogen and oxygen atoms in total. The third kappa shape index (κ3) is 2.65. The number of ether oxygens (including phenoxy) is 1. The molecule has 3 rings (SSSR count). The van der Waals surface area contributed by atoms with E-state index in [1.165, 1.54) is 19.3 Å². The zero-order valence-electron chi connectivity index (χ0n) is 11.4. The van der Waals surface area contributed by atoms with E-state index in [-0.39, 0.29) is 0 Å². The predicted octanol–water partition coefficient (Wildman–Crippen LogP) is 3.84. The van der Waals surface area contributed by atoms with Crippen LogP contribution in [-0.2, 0) is 0 Å². The summed E-state index contributed by atoms with van der Waals surface area (Å²) >= 11 is 0. The van der Waals surface area contributed by atoms with Gasteiger partial charge in [-0.2, -0.15) is 0 Å². The summed E-state index contributed by atoms with van der Waals surface area (Å²) in [6.07, 6.45) is 6.54. The van der Waals surface area contributed by atoms with Crippen LogP contribution in [0.1, 0.15) is 37.8 Å². The van der Waals surface area contributed by atoms with Crippen LogP contribution in [0.15, 0.2) is 24.3 Å². The topological polar surface area (TPSA) is 48.1 Å². The molecule has 1 heterocycles. The second-order valence-corrected chi connectivity index (χ2v) is 5.42. The number of benzene rings is 1. The van der Waals surface area contributed by atoms with Gasteiger partial charge in [0.25, 0.3) is 0 Å². The molecule has 1 saturated carbocycles. The maximum Gasteiger partial charge on any atom is 0.130 e. The Bertz CT molecular complexity index is 589. The molecule has 0 amide bonds. The number of nitrogens with zero attached hydrogens (tertiary/aromatic N) is 1. The first kappa shape index (κ1) is 12.3. The molecule has 1 fully saturated rings. The largest absolute Gasteiger partial charge is 0.490 e. The maximum atomic E-state index is 6.21. The number of aryl methyl sites for hydroxylation is 1. The summed E-state index contributed by atoms with van der Waals surface area (Å²) in [5, 5.41) is 1.02. The van der Waals surface area contributed by atoms with Crippen LogP contribution in [0.25, 0.3) is 10.9 Å². The Morgan fingerprint density at radius 1 is 1.16 bits per heavy atom. The van der Waals surface area contributed by atoms with Gasteiger partial charge in [-0.1, -0.05) is 6.42 Å². The highest BCUT2D eigenvalue weighted by Gasteiger charge is 2.16. The van der Waals surface area contributed by atoms with E-state index in [1.807, 2.05) is 31.2 Å². The molecule has 19 heavy (non-hydrogen) atoms. The number of hydrogen-bond donors (Lipinski definition) is 1. The molecule has 1 aromatic carbocycles. The minimum Gasteiger partial charge on any atom is -0.490 e. The number of rotatable bonds is 2. The fraction of sp³-hybridized carbons (Fsp3) is 0.438. The fourth-order valence-electron chi connectivity index (χ4n) is 2.80. The molecule has 3 heteroatoms. The summed E-state index contributed by atoms with van der Waals surface area (Å²) in [6.45, 7) is 2.00. The van der Waals surface area contributed by atoms with E-state index in [9.17, 15) is 0 Å². The number of aromatic nitrogens is 1. The molecule has 0 radical (unpaired) electrons. The van der Waals surface area contributed by atoms with Gasteiger partial charge in [-0.05, 0) is 50.8 Å². The van der Waals surface area contributed by atoms with Gasteiger partial charge in [0.1, 0.15) is 5.75 Å². The Morgan fingerprint density at radius 3 is 2.74 bits per heavy atom. The van der Waals surface area contributed by atoms with E-state index in [0.29, 0.717) is 6.10 Å². The summed E-state index contributed by atoms with van der Waals surface area (Å²) in [5.74, 6) is 0.932. The van der Waals surface area contributed by atoms with Crippen molar-refractivity contribution >= 4 is 16.6 Å². The zero-order chi connectivity index (χ0) is 13.2. The minimum atomic E-state index is 0.347. The maximum absolute atomic E-state index is 6.21. The van der Waals surface area contributed by atoms with Crippen molar-refractivity contribution < 1.29 is 4.74 Å². The second kappa shape index (κ2) is 5.08. The van der Waals surface area contributed by atoms with Crippen molar-refractivity contribution in [3.8, 4) is 5.75 Å². The van der Waals surface area contributed by atoms with Crippen LogP contribution in [0.5, 0.6) is 5.75 Å². The summed E-state index contributed by atoms with van der Waals surface area (Å²) < 4.78 is 6.21. The monoisotopic (exact) mass is 256 g/mol. The molecule has 100 valence electrons. The molecular formula is C16H20N2O. The third-order valence-electron chi connectivity index (χ3n) is 3.77. The molecule has 1 aliphatic carbocycles. The van der Waals surface area contributed by atoms with Crippen LogP contribution in [0.4, 0.5) is 5.69 Å². The number of hydrogen-bond acceptors (Lipinski definition) is 3. The lowest BCUT2D eigenvalue weighted by Crippen LogP contribution is -2.19. The van der Waals surface area contributed by atoms with Crippen molar-refractivity contribution in [2.45, 2.75) is 45.1 Å². The van der Waals surface area contributed by atoms with Crippen molar-refractivity contribution in [3.05, 3.63) is 30.0 Å². The number of fused-ring (bicyclic) bond motifs is 1. The number of nitrogen functional groups attached to an aromatic ring is 1. The van der Waals surface area contributed by atoms with Crippen LogP contribution in [0, 0.1) is 6.92 Å². The van der Waals surface area contributed by atoms with Crippen molar-refractivity contribution in [2.24, 2.45) is 0 Å². The SMILES string of the molecule is Cc1cc(OC2CCCCC2)c2cc(N)ccc2n1. The Labute approximate surface area is 113 Å². The van der Waals surface area contributed by atoms with Gasteiger partial charge >= 0.3 is 0 Å².